The highest BCUT2D eigenvalue weighted by atomic mass is 16.3. The Balaban J connectivity index is 1.57. The van der Waals surface area contributed by atoms with E-state index in [2.05, 4.69) is 12.1 Å². The van der Waals surface area contributed by atoms with E-state index in [-0.39, 0.29) is 11.2 Å². The van der Waals surface area contributed by atoms with Crippen LogP contribution in [-0.4, -0.2) is 15.3 Å². The molecular weight excluding hydrogens is 336 g/mol. The van der Waals surface area contributed by atoms with Gasteiger partial charge in [0, 0.05) is 0 Å². The highest BCUT2D eigenvalue weighted by molar-refractivity contribution is 5.49. The van der Waals surface area contributed by atoms with E-state index in [1.54, 1.807) is 24.3 Å². The van der Waals surface area contributed by atoms with Crippen LogP contribution < -0.4 is 0 Å². The summed E-state index contributed by atoms with van der Waals surface area (Å²) in [6, 6.07) is 18.9. The summed E-state index contributed by atoms with van der Waals surface area (Å²) in [6.07, 6.45) is 3.78. The Kier molecular flexibility index (Phi) is 3.48. The molecule has 0 heterocycles. The zero-order valence-corrected chi connectivity index (χ0v) is 15.0. The lowest BCUT2D eigenvalue weighted by molar-refractivity contribution is 0.257. The second-order valence-corrected chi connectivity index (χ2v) is 8.15. The Hall–Kier alpha value is -2.94. The second-order valence-electron chi connectivity index (χ2n) is 8.15. The van der Waals surface area contributed by atoms with Gasteiger partial charge in [0.25, 0.3) is 0 Å². The van der Waals surface area contributed by atoms with Crippen LogP contribution in [0.2, 0.25) is 0 Å². The first-order chi connectivity index (χ1) is 13.0. The molecule has 2 aliphatic rings. The van der Waals surface area contributed by atoms with Gasteiger partial charge < -0.3 is 15.3 Å². The molecule has 136 valence electrons. The van der Waals surface area contributed by atoms with Gasteiger partial charge >= 0.3 is 0 Å². The molecule has 0 bridgehead atoms. The van der Waals surface area contributed by atoms with Gasteiger partial charge in [-0.1, -0.05) is 24.3 Å². The minimum atomic E-state index is 0.0736. The van der Waals surface area contributed by atoms with E-state index >= 15 is 0 Å². The Morgan fingerprint density at radius 1 is 0.667 bits per heavy atom. The minimum absolute atomic E-state index is 0.0736. The fraction of sp³-hybridized carbons (Fsp3) is 0.250. The molecule has 1 spiro atoms. The molecule has 0 saturated heterocycles. The first kappa shape index (κ1) is 16.2. The summed E-state index contributed by atoms with van der Waals surface area (Å²) in [4.78, 5) is 0. The summed E-state index contributed by atoms with van der Waals surface area (Å²) in [7, 11) is 0. The van der Waals surface area contributed by atoms with Gasteiger partial charge in [0.2, 0.25) is 0 Å². The predicted octanol–water partition coefficient (Wildman–Crippen LogP) is 4.47. The first-order valence-electron chi connectivity index (χ1n) is 9.43. The number of fused-ring (bicyclic) bond motifs is 2. The van der Waals surface area contributed by atoms with Crippen molar-refractivity contribution in [3.8, 4) is 17.2 Å². The lowest BCUT2D eigenvalue weighted by Gasteiger charge is -2.32. The molecule has 0 amide bonds. The van der Waals surface area contributed by atoms with Crippen molar-refractivity contribution in [2.75, 3.05) is 0 Å². The normalized spacial score (nSPS) is 22.7. The molecular formula is C24H22O3. The number of benzene rings is 3. The third-order valence-corrected chi connectivity index (χ3v) is 6.44. The third-order valence-electron chi connectivity index (χ3n) is 6.44. The molecule has 0 saturated carbocycles. The third kappa shape index (κ3) is 2.66. The van der Waals surface area contributed by atoms with E-state index in [4.69, 9.17) is 0 Å². The van der Waals surface area contributed by atoms with E-state index < -0.39 is 0 Å². The number of aromatic hydroxyl groups is 3. The molecule has 2 atom stereocenters. The zero-order valence-electron chi connectivity index (χ0n) is 15.0. The highest BCUT2D eigenvalue weighted by Gasteiger charge is 2.49. The Morgan fingerprint density at radius 3 is 2.04 bits per heavy atom. The predicted molar refractivity (Wildman–Crippen MR) is 104 cm³/mol. The molecule has 0 aromatic heterocycles. The van der Waals surface area contributed by atoms with Gasteiger partial charge in [-0.25, -0.2) is 0 Å². The summed E-state index contributed by atoms with van der Waals surface area (Å²) in [6.45, 7) is 0. The van der Waals surface area contributed by atoms with Crippen LogP contribution in [0.3, 0.4) is 0 Å². The molecule has 3 aromatic rings. The summed E-state index contributed by atoms with van der Waals surface area (Å²) in [5, 5.41) is 29.6. The van der Waals surface area contributed by atoms with Crippen LogP contribution in [0, 0.1) is 5.41 Å². The van der Waals surface area contributed by atoms with Gasteiger partial charge in [-0.05, 0) is 101 Å². The van der Waals surface area contributed by atoms with Crippen molar-refractivity contribution in [3.63, 3.8) is 0 Å². The van der Waals surface area contributed by atoms with Crippen LogP contribution in [-0.2, 0) is 25.7 Å². The maximum absolute atomic E-state index is 10.1. The van der Waals surface area contributed by atoms with Crippen molar-refractivity contribution in [3.05, 3.63) is 88.5 Å². The smallest absolute Gasteiger partial charge is 0.115 e. The number of phenols is 3. The number of hydrogen-bond donors (Lipinski definition) is 3. The van der Waals surface area contributed by atoms with Crippen molar-refractivity contribution in [2.24, 2.45) is 5.41 Å². The van der Waals surface area contributed by atoms with Crippen LogP contribution in [0.15, 0.2) is 60.7 Å². The number of phenolic OH excluding ortho intramolecular Hbond substituents is 3. The molecule has 3 nitrogen and oxygen atoms in total. The van der Waals surface area contributed by atoms with E-state index in [0.717, 1.165) is 25.7 Å². The standard InChI is InChI=1S/C24H22O3/c25-19-5-1-15(2-6-19)9-23-22-11-21(27)8-4-17(22)13-24(23)12-16-3-7-20(26)10-18(16)14-24/h1-8,10-11,23,25-27H,9,12-14H2. The van der Waals surface area contributed by atoms with Gasteiger partial charge in [0.05, 0.1) is 0 Å². The molecule has 27 heavy (non-hydrogen) atoms. The number of rotatable bonds is 2. The Labute approximate surface area is 158 Å². The van der Waals surface area contributed by atoms with Crippen molar-refractivity contribution >= 4 is 0 Å². The Morgan fingerprint density at radius 2 is 1.26 bits per heavy atom. The average Bonchev–Trinajstić information content (AvgIpc) is 3.14. The lowest BCUT2D eigenvalue weighted by Crippen LogP contribution is -2.28. The highest BCUT2D eigenvalue weighted by Crippen LogP contribution is 2.56. The van der Waals surface area contributed by atoms with Crippen molar-refractivity contribution in [2.45, 2.75) is 31.6 Å². The Bertz CT molecular complexity index is 1020. The molecule has 0 aliphatic heterocycles. The van der Waals surface area contributed by atoms with Crippen LogP contribution in [0.4, 0.5) is 0 Å². The van der Waals surface area contributed by atoms with Gasteiger partial charge in [-0.3, -0.25) is 0 Å². The van der Waals surface area contributed by atoms with E-state index in [1.165, 1.54) is 27.8 Å². The van der Waals surface area contributed by atoms with Gasteiger partial charge in [-0.2, -0.15) is 0 Å². The SMILES string of the molecule is Oc1ccc(CC2c3cc(O)ccc3CC23Cc2ccc(O)cc2C3)cc1. The molecule has 2 aliphatic carbocycles. The average molecular weight is 358 g/mol. The van der Waals surface area contributed by atoms with Gasteiger partial charge in [0.1, 0.15) is 17.2 Å². The van der Waals surface area contributed by atoms with Gasteiger partial charge in [-0.15, -0.1) is 0 Å². The molecule has 2 unspecified atom stereocenters. The fourth-order valence-electron chi connectivity index (χ4n) is 5.24. The van der Waals surface area contributed by atoms with Crippen molar-refractivity contribution < 1.29 is 15.3 Å². The largest absolute Gasteiger partial charge is 0.508 e. The first-order valence-corrected chi connectivity index (χ1v) is 9.43. The van der Waals surface area contributed by atoms with E-state index in [9.17, 15) is 15.3 Å². The quantitative estimate of drug-likeness (QED) is 0.633. The summed E-state index contributed by atoms with van der Waals surface area (Å²) in [5.41, 5.74) is 6.37. The zero-order chi connectivity index (χ0) is 18.6. The van der Waals surface area contributed by atoms with Crippen LogP contribution in [0.5, 0.6) is 17.2 Å². The molecule has 3 N–H and O–H groups in total. The van der Waals surface area contributed by atoms with Crippen LogP contribution in [0.25, 0.3) is 0 Å². The number of hydrogen-bond acceptors (Lipinski definition) is 3. The summed E-state index contributed by atoms with van der Waals surface area (Å²) in [5.74, 6) is 1.21. The summed E-state index contributed by atoms with van der Waals surface area (Å²) >= 11 is 0. The maximum Gasteiger partial charge on any atom is 0.115 e. The second kappa shape index (κ2) is 5.78. The monoisotopic (exact) mass is 358 g/mol. The fourth-order valence-corrected chi connectivity index (χ4v) is 5.24. The van der Waals surface area contributed by atoms with Crippen LogP contribution >= 0.6 is 0 Å². The van der Waals surface area contributed by atoms with E-state index in [0.29, 0.717) is 17.4 Å². The van der Waals surface area contributed by atoms with E-state index in [1.807, 2.05) is 24.3 Å². The van der Waals surface area contributed by atoms with Crippen molar-refractivity contribution in [1.82, 2.24) is 0 Å². The molecule has 0 fully saturated rings. The van der Waals surface area contributed by atoms with Crippen molar-refractivity contribution in [1.29, 1.82) is 0 Å². The summed E-state index contributed by atoms with van der Waals surface area (Å²) < 4.78 is 0. The molecule has 3 aromatic carbocycles. The molecule has 0 radical (unpaired) electrons. The minimum Gasteiger partial charge on any atom is -0.508 e. The maximum atomic E-state index is 10.1. The molecule has 3 heteroatoms. The van der Waals surface area contributed by atoms with Gasteiger partial charge in [0.15, 0.2) is 0 Å². The lowest BCUT2D eigenvalue weighted by atomic mass is 9.71. The van der Waals surface area contributed by atoms with Crippen LogP contribution in [0.1, 0.15) is 33.7 Å². The topological polar surface area (TPSA) is 60.7 Å². The molecule has 5 rings (SSSR count).